The maximum Gasteiger partial charge on any atom is 0.252 e. The first-order valence-corrected chi connectivity index (χ1v) is 12.3. The third-order valence-electron chi connectivity index (χ3n) is 6.48. The summed E-state index contributed by atoms with van der Waals surface area (Å²) in [4.78, 5) is 14.5. The van der Waals surface area contributed by atoms with Crippen molar-refractivity contribution in [2.75, 3.05) is 19.2 Å². The van der Waals surface area contributed by atoms with Crippen LogP contribution in [0.4, 0.5) is 8.78 Å². The lowest BCUT2D eigenvalue weighted by atomic mass is 9.91. The van der Waals surface area contributed by atoms with E-state index in [1.54, 1.807) is 42.5 Å². The Kier molecular flexibility index (Phi) is 4.62. The number of hydrogen-bond donors (Lipinski definition) is 1. The Morgan fingerprint density at radius 2 is 1.94 bits per heavy atom. The zero-order chi connectivity index (χ0) is 26.8. The van der Waals surface area contributed by atoms with E-state index in [1.807, 2.05) is 0 Å². The molecule has 0 aromatic heterocycles. The summed E-state index contributed by atoms with van der Waals surface area (Å²) in [5, 5.41) is 0. The van der Waals surface area contributed by atoms with Gasteiger partial charge in [-0.3, -0.25) is 4.79 Å². The molecule has 33 heavy (non-hydrogen) atoms. The molecule has 1 N–H and O–H groups in total. The first-order valence-electron chi connectivity index (χ1n) is 12.7. The molecule has 1 spiro atoms. The van der Waals surface area contributed by atoms with Gasteiger partial charge in [-0.1, -0.05) is 48.5 Å². The van der Waals surface area contributed by atoms with Crippen molar-refractivity contribution in [3.05, 3.63) is 59.9 Å². The highest BCUT2D eigenvalue weighted by Gasteiger charge is 2.62. The Morgan fingerprint density at radius 3 is 2.55 bits per heavy atom. The number of hydrogen-bond acceptors (Lipinski definition) is 4. The molecule has 1 aliphatic carbocycles. The molecular formula is C24H26F2N2O4S. The predicted octanol–water partition coefficient (Wildman–Crippen LogP) is 3.03. The van der Waals surface area contributed by atoms with Gasteiger partial charge in [0.25, 0.3) is 5.91 Å². The standard InChI is InChI=1S/C24H26F2N2O4S/c25-15-33(30,31)27-22-19(28(14-24(22)10-11-24)23(29)20-9-12-32-20)13-17-7-4-8-18(21(17)26)16-5-2-1-3-6-16/h1-8,19-20,22,27H,9-15H2/t19-,20+,22+/m0/s1/i10D2,11D2. The van der Waals surface area contributed by atoms with E-state index < -0.39 is 70.6 Å². The van der Waals surface area contributed by atoms with E-state index in [2.05, 4.69) is 4.72 Å². The molecule has 3 aliphatic rings. The van der Waals surface area contributed by atoms with Crippen LogP contribution in [0.25, 0.3) is 11.1 Å². The normalized spacial score (nSPS) is 30.6. The minimum atomic E-state index is -4.59. The highest BCUT2D eigenvalue weighted by Crippen LogP contribution is 2.56. The van der Waals surface area contributed by atoms with Gasteiger partial charge in [-0.15, -0.1) is 0 Å². The van der Waals surface area contributed by atoms with Gasteiger partial charge in [0.2, 0.25) is 16.0 Å². The second-order valence-corrected chi connectivity index (χ2v) is 10.3. The Bertz CT molecular complexity index is 1310. The van der Waals surface area contributed by atoms with Crippen LogP contribution in [0.5, 0.6) is 0 Å². The van der Waals surface area contributed by atoms with Gasteiger partial charge < -0.3 is 9.64 Å². The average Bonchev–Trinajstić information content (AvgIpc) is 3.04. The summed E-state index contributed by atoms with van der Waals surface area (Å²) in [5.41, 5.74) is -0.976. The average molecular weight is 481 g/mol. The van der Waals surface area contributed by atoms with Crippen molar-refractivity contribution >= 4 is 15.9 Å². The van der Waals surface area contributed by atoms with Crippen LogP contribution in [0.3, 0.4) is 0 Å². The quantitative estimate of drug-likeness (QED) is 0.661. The Balaban J connectivity index is 1.60. The number of sulfonamides is 1. The van der Waals surface area contributed by atoms with Gasteiger partial charge >= 0.3 is 0 Å². The summed E-state index contributed by atoms with van der Waals surface area (Å²) in [6, 6.07) is 8.87. The van der Waals surface area contributed by atoms with E-state index in [9.17, 15) is 17.6 Å². The minimum Gasteiger partial charge on any atom is -0.368 e. The van der Waals surface area contributed by atoms with Crippen LogP contribution in [0.2, 0.25) is 0 Å². The molecule has 2 aromatic rings. The Morgan fingerprint density at radius 1 is 1.21 bits per heavy atom. The highest BCUT2D eigenvalue weighted by molar-refractivity contribution is 7.89. The van der Waals surface area contributed by atoms with Crippen LogP contribution >= 0.6 is 0 Å². The molecule has 2 aliphatic heterocycles. The molecule has 1 amide bonds. The smallest absolute Gasteiger partial charge is 0.252 e. The van der Waals surface area contributed by atoms with Crippen LogP contribution in [0.1, 0.15) is 30.2 Å². The van der Waals surface area contributed by atoms with Gasteiger partial charge in [-0.05, 0) is 30.3 Å². The number of alkyl halides is 1. The molecule has 0 radical (unpaired) electrons. The monoisotopic (exact) mass is 480 g/mol. The number of benzene rings is 2. The first kappa shape index (κ1) is 18.0. The van der Waals surface area contributed by atoms with E-state index in [-0.39, 0.29) is 17.5 Å². The lowest BCUT2D eigenvalue weighted by Crippen LogP contribution is -2.53. The third kappa shape index (κ3) is 4.18. The molecule has 5 rings (SSSR count). The summed E-state index contributed by atoms with van der Waals surface area (Å²) >= 11 is 0. The molecule has 6 nitrogen and oxygen atoms in total. The molecule has 0 bridgehead atoms. The van der Waals surface area contributed by atoms with E-state index in [0.29, 0.717) is 18.6 Å². The van der Waals surface area contributed by atoms with Gasteiger partial charge in [0.15, 0.2) is 0 Å². The lowest BCUT2D eigenvalue weighted by Gasteiger charge is -2.34. The Labute approximate surface area is 197 Å². The van der Waals surface area contributed by atoms with Gasteiger partial charge in [-0.2, -0.15) is 0 Å². The van der Waals surface area contributed by atoms with Gasteiger partial charge in [0, 0.05) is 35.5 Å². The van der Waals surface area contributed by atoms with E-state index in [1.165, 1.54) is 11.0 Å². The number of nitrogens with zero attached hydrogens (tertiary/aromatic N) is 1. The number of rotatable bonds is 7. The number of carbonyl (C=O) groups excluding carboxylic acids is 1. The van der Waals surface area contributed by atoms with Crippen molar-refractivity contribution < 1.29 is 32.2 Å². The second-order valence-electron chi connectivity index (χ2n) is 8.57. The summed E-state index contributed by atoms with van der Waals surface area (Å²) in [7, 11) is -4.59. The van der Waals surface area contributed by atoms with Crippen LogP contribution in [0.15, 0.2) is 48.5 Å². The molecule has 3 atom stereocenters. The van der Waals surface area contributed by atoms with Crippen molar-refractivity contribution in [3.63, 3.8) is 0 Å². The fourth-order valence-corrected chi connectivity index (χ4v) is 5.41. The van der Waals surface area contributed by atoms with Crippen LogP contribution < -0.4 is 4.72 Å². The van der Waals surface area contributed by atoms with Crippen molar-refractivity contribution in [2.45, 2.75) is 43.8 Å². The second kappa shape index (κ2) is 8.45. The molecule has 2 heterocycles. The third-order valence-corrected chi connectivity index (χ3v) is 7.38. The summed E-state index contributed by atoms with van der Waals surface area (Å²) in [6.07, 6.45) is -5.75. The number of likely N-dealkylation sites (tertiary alicyclic amines) is 1. The van der Waals surface area contributed by atoms with E-state index >= 15 is 4.39 Å². The first-order chi connectivity index (χ1) is 17.4. The van der Waals surface area contributed by atoms with E-state index in [0.717, 1.165) is 0 Å². The molecule has 176 valence electrons. The van der Waals surface area contributed by atoms with Crippen molar-refractivity contribution in [2.24, 2.45) is 5.41 Å². The Hall–Kier alpha value is -2.36. The van der Waals surface area contributed by atoms with E-state index in [4.69, 9.17) is 10.2 Å². The fourth-order valence-electron chi connectivity index (χ4n) is 4.60. The largest absolute Gasteiger partial charge is 0.368 e. The van der Waals surface area contributed by atoms with Crippen molar-refractivity contribution in [1.29, 1.82) is 0 Å². The van der Waals surface area contributed by atoms with Gasteiger partial charge in [-0.25, -0.2) is 21.9 Å². The van der Waals surface area contributed by atoms with Crippen LogP contribution in [-0.2, 0) is 26.0 Å². The number of ether oxygens (including phenoxy) is 1. The summed E-state index contributed by atoms with van der Waals surface area (Å²) in [6.45, 7) is -0.122. The fraction of sp³-hybridized carbons (Fsp3) is 0.458. The summed E-state index contributed by atoms with van der Waals surface area (Å²) < 4.78 is 94.7. The number of carbonyl (C=O) groups is 1. The molecule has 1 saturated carbocycles. The molecular weight excluding hydrogens is 450 g/mol. The molecule has 2 saturated heterocycles. The predicted molar refractivity (Wildman–Crippen MR) is 119 cm³/mol. The number of nitrogens with one attached hydrogen (secondary N) is 1. The number of halogens is 2. The molecule has 9 heteroatoms. The zero-order valence-electron chi connectivity index (χ0n) is 21.6. The van der Waals surface area contributed by atoms with Crippen molar-refractivity contribution in [1.82, 2.24) is 9.62 Å². The number of amides is 1. The minimum absolute atomic E-state index is 0.127. The maximum atomic E-state index is 15.7. The zero-order valence-corrected chi connectivity index (χ0v) is 18.4. The SMILES string of the molecule is [2H]C1([2H])C([2H])([2H])C12CN(C(=O)[C@H]1CCO1)[C@@H](Cc1cccc(-c3ccccc3)c1F)[C@H]2NS(=O)(=O)CF. The lowest BCUT2D eigenvalue weighted by molar-refractivity contribution is -0.157. The van der Waals surface area contributed by atoms with Gasteiger partial charge in [0.1, 0.15) is 11.9 Å². The highest BCUT2D eigenvalue weighted by atomic mass is 32.2. The van der Waals surface area contributed by atoms with Gasteiger partial charge in [0.05, 0.1) is 12.6 Å². The molecule has 2 aromatic carbocycles. The van der Waals surface area contributed by atoms with Crippen molar-refractivity contribution in [3.8, 4) is 11.1 Å². The van der Waals surface area contributed by atoms with Crippen LogP contribution in [0, 0.1) is 11.2 Å². The molecule has 3 fully saturated rings. The van der Waals surface area contributed by atoms with Crippen LogP contribution in [-0.4, -0.2) is 56.6 Å². The molecule has 0 unspecified atom stereocenters. The summed E-state index contributed by atoms with van der Waals surface area (Å²) in [5.74, 6) is -1.16. The maximum absolute atomic E-state index is 15.7. The topological polar surface area (TPSA) is 75.7 Å².